The fraction of sp³-hybridized carbons (Fsp3) is 0.143. The van der Waals surface area contributed by atoms with E-state index in [0.717, 1.165) is 11.1 Å². The number of aromatic nitrogens is 1. The first kappa shape index (κ1) is 16.4. The molecule has 130 valence electrons. The number of hydrogen-bond donors (Lipinski definition) is 1. The van der Waals surface area contributed by atoms with Crippen molar-refractivity contribution in [2.24, 2.45) is 0 Å². The summed E-state index contributed by atoms with van der Waals surface area (Å²) >= 11 is 0. The molecule has 1 aliphatic rings. The van der Waals surface area contributed by atoms with Crippen LogP contribution < -0.4 is 4.90 Å². The Labute approximate surface area is 150 Å². The molecule has 0 bridgehead atoms. The summed E-state index contributed by atoms with van der Waals surface area (Å²) in [5, 5.41) is 11.3. The van der Waals surface area contributed by atoms with Gasteiger partial charge in [-0.25, -0.2) is 4.39 Å². The molecular formula is C21H17FN2O2. The van der Waals surface area contributed by atoms with Crippen molar-refractivity contribution < 1.29 is 14.3 Å². The van der Waals surface area contributed by atoms with E-state index in [2.05, 4.69) is 4.98 Å². The van der Waals surface area contributed by atoms with Crippen molar-refractivity contribution in [3.63, 3.8) is 0 Å². The van der Waals surface area contributed by atoms with E-state index in [4.69, 9.17) is 0 Å². The molecule has 0 unspecified atom stereocenters. The van der Waals surface area contributed by atoms with Crippen molar-refractivity contribution in [3.8, 4) is 0 Å². The number of halogens is 1. The van der Waals surface area contributed by atoms with Crippen LogP contribution in [0, 0.1) is 5.82 Å². The number of amides is 1. The molecule has 3 aromatic rings. The SMILES string of the molecule is O=C1N(Cc2ccc(F)cc2)c2ccccc2[C@@]1(O)Cc1ccncc1. The third-order valence-corrected chi connectivity index (χ3v) is 4.70. The van der Waals surface area contributed by atoms with Gasteiger partial charge in [-0.2, -0.15) is 0 Å². The van der Waals surface area contributed by atoms with Gasteiger partial charge < -0.3 is 10.0 Å². The summed E-state index contributed by atoms with van der Waals surface area (Å²) < 4.78 is 13.2. The quantitative estimate of drug-likeness (QED) is 0.788. The van der Waals surface area contributed by atoms with Gasteiger partial charge in [-0.1, -0.05) is 30.3 Å². The molecule has 0 fully saturated rings. The molecule has 4 rings (SSSR count). The number of fused-ring (bicyclic) bond motifs is 1. The van der Waals surface area contributed by atoms with E-state index in [1.54, 1.807) is 47.6 Å². The zero-order chi connectivity index (χ0) is 18.1. The number of pyridine rings is 1. The molecule has 1 aromatic heterocycles. The van der Waals surface area contributed by atoms with Crippen molar-refractivity contribution in [1.82, 2.24) is 4.98 Å². The highest BCUT2D eigenvalue weighted by Crippen LogP contribution is 2.42. The maximum Gasteiger partial charge on any atom is 0.264 e. The fourth-order valence-corrected chi connectivity index (χ4v) is 3.40. The maximum atomic E-state index is 13.2. The van der Waals surface area contributed by atoms with Crippen molar-refractivity contribution >= 4 is 11.6 Å². The summed E-state index contributed by atoms with van der Waals surface area (Å²) in [6, 6.07) is 16.8. The fourth-order valence-electron chi connectivity index (χ4n) is 3.40. The van der Waals surface area contributed by atoms with Crippen LogP contribution in [0.15, 0.2) is 73.1 Å². The van der Waals surface area contributed by atoms with E-state index in [9.17, 15) is 14.3 Å². The van der Waals surface area contributed by atoms with Gasteiger partial charge in [-0.3, -0.25) is 9.78 Å². The van der Waals surface area contributed by atoms with Crippen LogP contribution in [0.4, 0.5) is 10.1 Å². The summed E-state index contributed by atoms with van der Waals surface area (Å²) in [4.78, 5) is 18.7. The van der Waals surface area contributed by atoms with Gasteiger partial charge in [0.2, 0.25) is 0 Å². The molecule has 0 saturated carbocycles. The number of carbonyl (C=O) groups excluding carboxylic acids is 1. The Morgan fingerprint density at radius 2 is 1.65 bits per heavy atom. The molecule has 1 aliphatic heterocycles. The van der Waals surface area contributed by atoms with Gasteiger partial charge in [0.05, 0.1) is 12.2 Å². The number of carbonyl (C=O) groups is 1. The topological polar surface area (TPSA) is 53.4 Å². The maximum absolute atomic E-state index is 13.2. The highest BCUT2D eigenvalue weighted by atomic mass is 19.1. The minimum atomic E-state index is -1.63. The molecule has 1 N–H and O–H groups in total. The van der Waals surface area contributed by atoms with Crippen molar-refractivity contribution in [2.75, 3.05) is 4.90 Å². The predicted octanol–water partition coefficient (Wildman–Crippen LogP) is 3.20. The number of benzene rings is 2. The molecule has 2 aromatic carbocycles. The lowest BCUT2D eigenvalue weighted by Gasteiger charge is -2.23. The van der Waals surface area contributed by atoms with Crippen LogP contribution >= 0.6 is 0 Å². The lowest BCUT2D eigenvalue weighted by molar-refractivity contribution is -0.136. The molecule has 4 nitrogen and oxygen atoms in total. The third-order valence-electron chi connectivity index (χ3n) is 4.70. The number of aliphatic hydroxyl groups is 1. The predicted molar refractivity (Wildman–Crippen MR) is 95.9 cm³/mol. The van der Waals surface area contributed by atoms with Crippen LogP contribution in [0.3, 0.4) is 0 Å². The summed E-state index contributed by atoms with van der Waals surface area (Å²) in [6.07, 6.45) is 3.45. The molecule has 0 aliphatic carbocycles. The molecule has 1 amide bonds. The van der Waals surface area contributed by atoms with Gasteiger partial charge in [0.15, 0.2) is 5.60 Å². The van der Waals surface area contributed by atoms with E-state index in [-0.39, 0.29) is 24.7 Å². The average Bonchev–Trinajstić information content (AvgIpc) is 2.87. The smallest absolute Gasteiger partial charge is 0.264 e. The van der Waals surface area contributed by atoms with E-state index < -0.39 is 5.60 Å². The molecule has 0 radical (unpaired) electrons. The second-order valence-corrected chi connectivity index (χ2v) is 6.43. The minimum Gasteiger partial charge on any atom is -0.375 e. The van der Waals surface area contributed by atoms with E-state index in [0.29, 0.717) is 11.3 Å². The van der Waals surface area contributed by atoms with Gasteiger partial charge in [-0.05, 0) is 41.5 Å². The van der Waals surface area contributed by atoms with Gasteiger partial charge in [0, 0.05) is 24.4 Å². The summed E-state index contributed by atoms with van der Waals surface area (Å²) in [5.74, 6) is -0.698. The minimum absolute atomic E-state index is 0.172. The number of hydrogen-bond acceptors (Lipinski definition) is 3. The highest BCUT2D eigenvalue weighted by molar-refractivity contribution is 6.06. The normalized spacial score (nSPS) is 18.8. The van der Waals surface area contributed by atoms with Crippen LogP contribution in [0.5, 0.6) is 0 Å². The Morgan fingerprint density at radius 1 is 0.962 bits per heavy atom. The lowest BCUT2D eigenvalue weighted by atomic mass is 9.89. The lowest BCUT2D eigenvalue weighted by Crippen LogP contribution is -2.41. The summed E-state index contributed by atoms with van der Waals surface area (Å²) in [5.41, 5.74) is 1.26. The van der Waals surface area contributed by atoms with Crippen LogP contribution in [-0.4, -0.2) is 16.0 Å². The van der Waals surface area contributed by atoms with Crippen LogP contribution in [-0.2, 0) is 23.4 Å². The first-order valence-electron chi connectivity index (χ1n) is 8.35. The molecule has 2 heterocycles. The number of anilines is 1. The van der Waals surface area contributed by atoms with E-state index in [1.807, 2.05) is 18.2 Å². The van der Waals surface area contributed by atoms with E-state index in [1.165, 1.54) is 12.1 Å². The Kier molecular flexibility index (Phi) is 4.01. The van der Waals surface area contributed by atoms with Crippen LogP contribution in [0.1, 0.15) is 16.7 Å². The molecular weight excluding hydrogens is 331 g/mol. The summed E-state index contributed by atoms with van der Waals surface area (Å²) in [6.45, 7) is 0.273. The Balaban J connectivity index is 1.71. The second-order valence-electron chi connectivity index (χ2n) is 6.43. The molecule has 0 spiro atoms. The monoisotopic (exact) mass is 348 g/mol. The Morgan fingerprint density at radius 3 is 2.38 bits per heavy atom. The zero-order valence-corrected chi connectivity index (χ0v) is 14.0. The van der Waals surface area contributed by atoms with Gasteiger partial charge in [0.25, 0.3) is 5.91 Å². The number of rotatable bonds is 4. The van der Waals surface area contributed by atoms with Gasteiger partial charge in [-0.15, -0.1) is 0 Å². The molecule has 5 heteroatoms. The van der Waals surface area contributed by atoms with Crippen molar-refractivity contribution in [1.29, 1.82) is 0 Å². The van der Waals surface area contributed by atoms with Crippen molar-refractivity contribution in [3.05, 3.63) is 95.6 Å². The first-order chi connectivity index (χ1) is 12.6. The highest BCUT2D eigenvalue weighted by Gasteiger charge is 2.49. The molecule has 0 saturated heterocycles. The molecule has 1 atom stereocenters. The van der Waals surface area contributed by atoms with Crippen LogP contribution in [0.2, 0.25) is 0 Å². The summed E-state index contributed by atoms with van der Waals surface area (Å²) in [7, 11) is 0. The van der Waals surface area contributed by atoms with Gasteiger partial charge >= 0.3 is 0 Å². The Bertz CT molecular complexity index is 944. The first-order valence-corrected chi connectivity index (χ1v) is 8.35. The average molecular weight is 348 g/mol. The number of para-hydroxylation sites is 1. The zero-order valence-electron chi connectivity index (χ0n) is 14.0. The number of nitrogens with zero attached hydrogens (tertiary/aromatic N) is 2. The Hall–Kier alpha value is -3.05. The third kappa shape index (κ3) is 2.76. The van der Waals surface area contributed by atoms with Gasteiger partial charge in [0.1, 0.15) is 5.82 Å². The largest absolute Gasteiger partial charge is 0.375 e. The molecule has 26 heavy (non-hydrogen) atoms. The van der Waals surface area contributed by atoms with Crippen molar-refractivity contribution in [2.45, 2.75) is 18.6 Å². The second kappa shape index (κ2) is 6.35. The van der Waals surface area contributed by atoms with E-state index >= 15 is 0 Å². The van der Waals surface area contributed by atoms with Crippen LogP contribution in [0.25, 0.3) is 0 Å². The standard InChI is InChI=1S/C21H17FN2O2/c22-17-7-5-16(6-8-17)14-24-19-4-2-1-3-18(19)21(26,20(24)25)13-15-9-11-23-12-10-15/h1-12,26H,13-14H2/t21-/m0/s1.